The zero-order valence-corrected chi connectivity index (χ0v) is 12.5. The molecule has 1 fully saturated rings. The minimum Gasteiger partial charge on any atom is -0.467 e. The molecule has 1 aliphatic rings. The quantitative estimate of drug-likeness (QED) is 0.784. The van der Waals surface area contributed by atoms with Gasteiger partial charge in [0.2, 0.25) is 0 Å². The topological polar surface area (TPSA) is 42.2 Å². The maximum absolute atomic E-state index is 6.07. The van der Waals surface area contributed by atoms with Crippen LogP contribution < -0.4 is 4.90 Å². The second-order valence-electron chi connectivity index (χ2n) is 5.45. The first-order valence-corrected chi connectivity index (χ1v) is 7.32. The van der Waals surface area contributed by atoms with Crippen molar-refractivity contribution in [1.29, 1.82) is 0 Å². The van der Waals surface area contributed by atoms with E-state index in [-0.39, 0.29) is 6.04 Å². The summed E-state index contributed by atoms with van der Waals surface area (Å²) in [6.07, 6.45) is 3.94. The van der Waals surface area contributed by atoms with Crippen LogP contribution in [0.5, 0.6) is 0 Å². The highest BCUT2D eigenvalue weighted by atomic mass is 35.5. The van der Waals surface area contributed by atoms with Crippen molar-refractivity contribution in [2.24, 2.45) is 5.92 Å². The molecule has 20 heavy (non-hydrogen) atoms. The van der Waals surface area contributed by atoms with Crippen LogP contribution in [-0.4, -0.2) is 16.5 Å². The number of rotatable bonds is 2. The average Bonchev–Trinajstić information content (AvgIpc) is 2.91. The minimum atomic E-state index is 0.221. The number of halogens is 1. The second-order valence-corrected chi connectivity index (χ2v) is 5.84. The molecule has 1 aliphatic heterocycles. The monoisotopic (exact) mass is 291 g/mol. The van der Waals surface area contributed by atoms with Gasteiger partial charge >= 0.3 is 0 Å². The van der Waals surface area contributed by atoms with Crippen molar-refractivity contribution in [3.05, 3.63) is 41.2 Å². The first kappa shape index (κ1) is 13.4. The standard InChI is InChI=1S/C15H18ClN3O/c1-10-5-6-19(12(8-10)13-4-3-7-20-13)15-9-14(16)17-11(2)18-15/h3-4,7,9-10,12H,5-6,8H2,1-2H3/t10-,12+/m0/s1. The molecule has 106 valence electrons. The summed E-state index contributed by atoms with van der Waals surface area (Å²) in [6.45, 7) is 5.11. The Labute approximate surface area is 123 Å². The molecule has 2 aromatic heterocycles. The van der Waals surface area contributed by atoms with Gasteiger partial charge in [0.1, 0.15) is 22.6 Å². The molecule has 3 heterocycles. The first-order valence-electron chi connectivity index (χ1n) is 6.94. The maximum atomic E-state index is 6.07. The van der Waals surface area contributed by atoms with Gasteiger partial charge in [0.25, 0.3) is 0 Å². The molecular weight excluding hydrogens is 274 g/mol. The summed E-state index contributed by atoms with van der Waals surface area (Å²) in [5.74, 6) is 3.25. The molecule has 3 rings (SSSR count). The van der Waals surface area contributed by atoms with Crippen molar-refractivity contribution in [1.82, 2.24) is 9.97 Å². The summed E-state index contributed by atoms with van der Waals surface area (Å²) < 4.78 is 5.62. The Balaban J connectivity index is 1.96. The fraction of sp³-hybridized carbons (Fsp3) is 0.467. The summed E-state index contributed by atoms with van der Waals surface area (Å²) in [7, 11) is 0. The maximum Gasteiger partial charge on any atom is 0.134 e. The number of hydrogen-bond acceptors (Lipinski definition) is 4. The molecule has 0 radical (unpaired) electrons. The van der Waals surface area contributed by atoms with E-state index in [2.05, 4.69) is 21.8 Å². The molecule has 0 aliphatic carbocycles. The van der Waals surface area contributed by atoms with Gasteiger partial charge in [-0.05, 0) is 37.8 Å². The van der Waals surface area contributed by atoms with E-state index in [0.29, 0.717) is 16.9 Å². The Kier molecular flexibility index (Phi) is 3.66. The van der Waals surface area contributed by atoms with Gasteiger partial charge in [-0.2, -0.15) is 0 Å². The Hall–Kier alpha value is -1.55. The van der Waals surface area contributed by atoms with Crippen LogP contribution in [0.1, 0.15) is 37.4 Å². The van der Waals surface area contributed by atoms with E-state index in [1.54, 1.807) is 6.26 Å². The normalized spacial score (nSPS) is 23.1. The van der Waals surface area contributed by atoms with Gasteiger partial charge < -0.3 is 9.32 Å². The molecule has 0 amide bonds. The Morgan fingerprint density at radius 2 is 2.25 bits per heavy atom. The highest BCUT2D eigenvalue weighted by Crippen LogP contribution is 2.37. The number of nitrogens with zero attached hydrogens (tertiary/aromatic N) is 3. The third-order valence-corrected chi connectivity index (χ3v) is 4.02. The molecule has 2 aromatic rings. The predicted molar refractivity (Wildman–Crippen MR) is 79.0 cm³/mol. The molecule has 1 saturated heterocycles. The van der Waals surface area contributed by atoms with Crippen molar-refractivity contribution >= 4 is 17.4 Å². The van der Waals surface area contributed by atoms with Crippen molar-refractivity contribution in [3.8, 4) is 0 Å². The second kappa shape index (κ2) is 5.44. The van der Waals surface area contributed by atoms with Gasteiger partial charge in [-0.15, -0.1) is 0 Å². The van der Waals surface area contributed by atoms with Gasteiger partial charge in [0, 0.05) is 12.6 Å². The van der Waals surface area contributed by atoms with Crippen molar-refractivity contribution in [2.75, 3.05) is 11.4 Å². The van der Waals surface area contributed by atoms with Crippen molar-refractivity contribution in [3.63, 3.8) is 0 Å². The molecule has 4 nitrogen and oxygen atoms in total. The highest BCUT2D eigenvalue weighted by Gasteiger charge is 2.30. The zero-order valence-electron chi connectivity index (χ0n) is 11.7. The molecule has 0 unspecified atom stereocenters. The van der Waals surface area contributed by atoms with Gasteiger partial charge in [-0.3, -0.25) is 0 Å². The van der Waals surface area contributed by atoms with E-state index in [0.717, 1.165) is 31.0 Å². The minimum absolute atomic E-state index is 0.221. The number of piperidine rings is 1. The van der Waals surface area contributed by atoms with Crippen LogP contribution in [-0.2, 0) is 0 Å². The smallest absolute Gasteiger partial charge is 0.134 e. The molecule has 0 N–H and O–H groups in total. The van der Waals surface area contributed by atoms with Crippen LogP contribution in [0.15, 0.2) is 28.9 Å². The van der Waals surface area contributed by atoms with Crippen LogP contribution in [0.4, 0.5) is 5.82 Å². The van der Waals surface area contributed by atoms with E-state index < -0.39 is 0 Å². The number of aryl methyl sites for hydroxylation is 1. The van der Waals surface area contributed by atoms with E-state index in [4.69, 9.17) is 16.0 Å². The lowest BCUT2D eigenvalue weighted by atomic mass is 9.91. The fourth-order valence-electron chi connectivity index (χ4n) is 2.83. The third-order valence-electron chi connectivity index (χ3n) is 3.82. The largest absolute Gasteiger partial charge is 0.467 e. The number of aromatic nitrogens is 2. The fourth-order valence-corrected chi connectivity index (χ4v) is 3.05. The molecule has 0 bridgehead atoms. The van der Waals surface area contributed by atoms with Crippen LogP contribution in [0.25, 0.3) is 0 Å². The van der Waals surface area contributed by atoms with E-state index in [9.17, 15) is 0 Å². The third kappa shape index (κ3) is 2.66. The number of hydrogen-bond donors (Lipinski definition) is 0. The van der Waals surface area contributed by atoms with Crippen LogP contribution in [0, 0.1) is 12.8 Å². The zero-order chi connectivity index (χ0) is 14.1. The molecular formula is C15H18ClN3O. The SMILES string of the molecule is Cc1nc(Cl)cc(N2CC[C@H](C)C[C@@H]2c2ccco2)n1. The molecule has 0 saturated carbocycles. The van der Waals surface area contributed by atoms with Gasteiger partial charge in [-0.1, -0.05) is 18.5 Å². The Morgan fingerprint density at radius 1 is 1.40 bits per heavy atom. The highest BCUT2D eigenvalue weighted by molar-refractivity contribution is 6.29. The lowest BCUT2D eigenvalue weighted by Crippen LogP contribution is -2.36. The number of anilines is 1. The van der Waals surface area contributed by atoms with Gasteiger partial charge in [0.05, 0.1) is 12.3 Å². The average molecular weight is 292 g/mol. The summed E-state index contributed by atoms with van der Waals surface area (Å²) in [6, 6.07) is 6.02. The van der Waals surface area contributed by atoms with Crippen LogP contribution in [0.2, 0.25) is 5.15 Å². The van der Waals surface area contributed by atoms with E-state index >= 15 is 0 Å². The number of furan rings is 1. The summed E-state index contributed by atoms with van der Waals surface area (Å²) in [5.41, 5.74) is 0. The Bertz CT molecular complexity index is 565. The lowest BCUT2D eigenvalue weighted by molar-refractivity contribution is 0.327. The Morgan fingerprint density at radius 3 is 2.95 bits per heavy atom. The molecule has 0 spiro atoms. The summed E-state index contributed by atoms with van der Waals surface area (Å²) >= 11 is 6.07. The molecule has 5 heteroatoms. The van der Waals surface area contributed by atoms with Crippen LogP contribution >= 0.6 is 11.6 Å². The lowest BCUT2D eigenvalue weighted by Gasteiger charge is -2.38. The first-order chi connectivity index (χ1) is 9.63. The summed E-state index contributed by atoms with van der Waals surface area (Å²) in [4.78, 5) is 10.9. The molecule has 0 aromatic carbocycles. The molecule has 2 atom stereocenters. The predicted octanol–water partition coefficient (Wildman–Crippen LogP) is 4.01. The van der Waals surface area contributed by atoms with Crippen molar-refractivity contribution in [2.45, 2.75) is 32.7 Å². The van der Waals surface area contributed by atoms with E-state index in [1.807, 2.05) is 25.1 Å². The van der Waals surface area contributed by atoms with Crippen molar-refractivity contribution < 1.29 is 4.42 Å². The van der Waals surface area contributed by atoms with Gasteiger partial charge in [0.15, 0.2) is 0 Å². The van der Waals surface area contributed by atoms with E-state index in [1.165, 1.54) is 0 Å². The van der Waals surface area contributed by atoms with Gasteiger partial charge in [-0.25, -0.2) is 9.97 Å². The summed E-state index contributed by atoms with van der Waals surface area (Å²) in [5, 5.41) is 0.490. The van der Waals surface area contributed by atoms with Crippen LogP contribution in [0.3, 0.4) is 0 Å².